The van der Waals surface area contributed by atoms with E-state index in [9.17, 15) is 9.36 Å². The lowest BCUT2D eigenvalue weighted by Gasteiger charge is -2.14. The number of ether oxygens (including phenoxy) is 2. The van der Waals surface area contributed by atoms with E-state index in [1.807, 2.05) is 6.07 Å². The number of carbonyl (C=O) groups is 1. The van der Waals surface area contributed by atoms with Gasteiger partial charge >= 0.3 is 0 Å². The second-order valence-corrected chi connectivity index (χ2v) is 7.38. The Morgan fingerprint density at radius 3 is 2.20 bits per heavy atom. The summed E-state index contributed by atoms with van der Waals surface area (Å²) in [4.78, 5) is 13.2. The minimum atomic E-state index is -1.61. The van der Waals surface area contributed by atoms with Gasteiger partial charge in [0, 0.05) is 17.0 Å². The quantitative estimate of drug-likeness (QED) is 0.374. The molecule has 1 atom stereocenters. The molecule has 0 heterocycles. The summed E-state index contributed by atoms with van der Waals surface area (Å²) in [6.45, 7) is 2.11. The van der Waals surface area contributed by atoms with Crippen LogP contribution in [0.15, 0.2) is 42.5 Å². The van der Waals surface area contributed by atoms with Gasteiger partial charge in [-0.25, -0.2) is 0 Å². The molecule has 2 aromatic rings. The van der Waals surface area contributed by atoms with Gasteiger partial charge in [-0.2, -0.15) is 0 Å². The molecule has 0 aromatic heterocycles. The zero-order valence-electron chi connectivity index (χ0n) is 15.0. The molecular weight excluding hydrogens is 335 g/mol. The van der Waals surface area contributed by atoms with Crippen molar-refractivity contribution in [1.29, 1.82) is 0 Å². The Balaban J connectivity index is 2.43. The van der Waals surface area contributed by atoms with Crippen molar-refractivity contribution in [3.63, 3.8) is 0 Å². The summed E-state index contributed by atoms with van der Waals surface area (Å²) >= 11 is 0. The third kappa shape index (κ3) is 4.46. The maximum atomic E-state index is 13.2. The molecule has 1 radical (unpaired) electrons. The highest BCUT2D eigenvalue weighted by Gasteiger charge is 2.23. The molecule has 0 amide bonds. The van der Waals surface area contributed by atoms with E-state index in [0.717, 1.165) is 19.3 Å². The first-order valence-corrected chi connectivity index (χ1v) is 9.87. The number of unbranched alkanes of at least 4 members (excludes halogenated alkanes) is 2. The van der Waals surface area contributed by atoms with E-state index in [1.165, 1.54) is 14.2 Å². The van der Waals surface area contributed by atoms with Gasteiger partial charge < -0.3 is 9.47 Å². The van der Waals surface area contributed by atoms with Gasteiger partial charge in [-0.05, 0) is 30.7 Å². The van der Waals surface area contributed by atoms with Crippen molar-refractivity contribution in [2.45, 2.75) is 26.2 Å². The van der Waals surface area contributed by atoms with E-state index in [4.69, 9.17) is 9.47 Å². The van der Waals surface area contributed by atoms with Gasteiger partial charge in [0.1, 0.15) is 24.9 Å². The summed E-state index contributed by atoms with van der Waals surface area (Å²) in [5.74, 6) is 0.657. The largest absolute Gasteiger partial charge is 0.496 e. The first-order valence-electron chi connectivity index (χ1n) is 8.43. The number of carbonyl (C=O) groups excluding carboxylic acids is 1. The van der Waals surface area contributed by atoms with Gasteiger partial charge in [0.15, 0.2) is 0 Å². The van der Waals surface area contributed by atoms with E-state index in [0.29, 0.717) is 34.1 Å². The molecule has 0 aliphatic rings. The minimum absolute atomic E-state index is 0.233. The molecule has 1 unspecified atom stereocenters. The maximum Gasteiger partial charge on any atom is 0.201 e. The lowest BCUT2D eigenvalue weighted by molar-refractivity contribution is 0.103. The van der Waals surface area contributed by atoms with E-state index < -0.39 is 7.80 Å². The summed E-state index contributed by atoms with van der Waals surface area (Å²) in [6, 6.07) is 12.3. The lowest BCUT2D eigenvalue weighted by Crippen LogP contribution is -2.15. The minimum Gasteiger partial charge on any atom is -0.496 e. The fourth-order valence-electron chi connectivity index (χ4n) is 2.72. The smallest absolute Gasteiger partial charge is 0.201 e. The fraction of sp³-hybridized carbons (Fsp3) is 0.350. The number of rotatable bonds is 9. The Labute approximate surface area is 150 Å². The first kappa shape index (κ1) is 19.1. The SMILES string of the molecule is CCCCC[P](=O)c1ccccc1C(=O)c1c(OC)cccc1OC. The van der Waals surface area contributed by atoms with Crippen LogP contribution in [-0.2, 0) is 4.57 Å². The molecule has 0 N–H and O–H groups in total. The predicted octanol–water partition coefficient (Wildman–Crippen LogP) is 4.58. The van der Waals surface area contributed by atoms with Crippen LogP contribution in [0.2, 0.25) is 0 Å². The van der Waals surface area contributed by atoms with Crippen molar-refractivity contribution < 1.29 is 18.8 Å². The highest BCUT2D eigenvalue weighted by atomic mass is 31.1. The molecule has 4 nitrogen and oxygen atoms in total. The van der Waals surface area contributed by atoms with E-state index in [-0.39, 0.29) is 5.78 Å². The monoisotopic (exact) mass is 359 g/mol. The van der Waals surface area contributed by atoms with Crippen molar-refractivity contribution in [2.24, 2.45) is 0 Å². The van der Waals surface area contributed by atoms with E-state index in [1.54, 1.807) is 36.4 Å². The second kappa shape index (κ2) is 9.33. The van der Waals surface area contributed by atoms with Crippen LogP contribution in [0.3, 0.4) is 0 Å². The summed E-state index contributed by atoms with van der Waals surface area (Å²) in [7, 11) is 1.42. The van der Waals surface area contributed by atoms with Crippen LogP contribution in [0.1, 0.15) is 42.1 Å². The topological polar surface area (TPSA) is 52.6 Å². The number of ketones is 1. The van der Waals surface area contributed by atoms with Crippen molar-refractivity contribution >= 4 is 18.9 Å². The average molecular weight is 359 g/mol. The van der Waals surface area contributed by atoms with E-state index >= 15 is 0 Å². The van der Waals surface area contributed by atoms with Crippen molar-refractivity contribution in [2.75, 3.05) is 20.4 Å². The normalized spacial score (nSPS) is 11.1. The second-order valence-electron chi connectivity index (χ2n) is 5.69. The molecule has 0 spiro atoms. The molecule has 0 fully saturated rings. The molecule has 2 aromatic carbocycles. The summed E-state index contributed by atoms with van der Waals surface area (Å²) in [5.41, 5.74) is 0.805. The highest BCUT2D eigenvalue weighted by Crippen LogP contribution is 2.32. The Kier molecular flexibility index (Phi) is 7.15. The zero-order valence-corrected chi connectivity index (χ0v) is 15.8. The predicted molar refractivity (Wildman–Crippen MR) is 101 cm³/mol. The standard InChI is InChI=1S/C20H24O4P/c1-4-5-8-14-25(22)18-13-7-6-10-15(18)20(21)19-16(23-2)11-9-12-17(19)24-3/h6-7,9-13H,4-5,8,14H2,1-3H3. The molecule has 0 aliphatic heterocycles. The van der Waals surface area contributed by atoms with Crippen LogP contribution in [0.25, 0.3) is 0 Å². The Bertz CT molecular complexity index is 733. The van der Waals surface area contributed by atoms with Crippen LogP contribution < -0.4 is 14.8 Å². The molecule has 5 heteroatoms. The van der Waals surface area contributed by atoms with Gasteiger partial charge in [-0.3, -0.25) is 9.36 Å². The number of hydrogen-bond acceptors (Lipinski definition) is 4. The summed E-state index contributed by atoms with van der Waals surface area (Å²) in [6.07, 6.45) is 3.60. The highest BCUT2D eigenvalue weighted by molar-refractivity contribution is 7.53. The van der Waals surface area contributed by atoms with Crippen LogP contribution in [0.4, 0.5) is 0 Å². The molecule has 25 heavy (non-hydrogen) atoms. The fourth-order valence-corrected chi connectivity index (χ4v) is 4.17. The molecule has 0 bridgehead atoms. The van der Waals surface area contributed by atoms with Gasteiger partial charge in [0.25, 0.3) is 0 Å². The molecule has 133 valence electrons. The summed E-state index contributed by atoms with van der Waals surface area (Å²) in [5, 5.41) is 0.603. The molecule has 0 saturated heterocycles. The molecule has 0 saturated carbocycles. The van der Waals surface area contributed by atoms with E-state index in [2.05, 4.69) is 6.92 Å². The van der Waals surface area contributed by atoms with Gasteiger partial charge in [0.05, 0.1) is 14.2 Å². The van der Waals surface area contributed by atoms with Gasteiger partial charge in [-0.1, -0.05) is 38.0 Å². The van der Waals surface area contributed by atoms with Crippen LogP contribution in [-0.4, -0.2) is 26.2 Å². The van der Waals surface area contributed by atoms with Crippen molar-refractivity contribution in [3.05, 3.63) is 53.6 Å². The molecular formula is C20H24O4P. The number of benzene rings is 2. The van der Waals surface area contributed by atoms with Crippen LogP contribution >= 0.6 is 7.80 Å². The Morgan fingerprint density at radius 2 is 1.60 bits per heavy atom. The van der Waals surface area contributed by atoms with Crippen LogP contribution in [0.5, 0.6) is 11.5 Å². The van der Waals surface area contributed by atoms with Gasteiger partial charge in [-0.15, -0.1) is 0 Å². The zero-order chi connectivity index (χ0) is 18.2. The lowest BCUT2D eigenvalue weighted by atomic mass is 10.0. The number of hydrogen-bond donors (Lipinski definition) is 0. The molecule has 0 aliphatic carbocycles. The average Bonchev–Trinajstić information content (AvgIpc) is 2.66. The van der Waals surface area contributed by atoms with Gasteiger partial charge in [0.2, 0.25) is 5.78 Å². The van der Waals surface area contributed by atoms with Crippen molar-refractivity contribution in [1.82, 2.24) is 0 Å². The van der Waals surface area contributed by atoms with Crippen LogP contribution in [0, 0.1) is 0 Å². The third-order valence-electron chi connectivity index (χ3n) is 4.04. The number of methoxy groups -OCH3 is 2. The third-order valence-corrected chi connectivity index (χ3v) is 5.69. The summed E-state index contributed by atoms with van der Waals surface area (Å²) < 4.78 is 23.4. The van der Waals surface area contributed by atoms with Crippen molar-refractivity contribution in [3.8, 4) is 11.5 Å². The Hall–Kier alpha value is -2.19. The molecule has 2 rings (SSSR count). The Morgan fingerprint density at radius 1 is 0.960 bits per heavy atom. The maximum absolute atomic E-state index is 13.2. The first-order chi connectivity index (χ1) is 12.1.